The van der Waals surface area contributed by atoms with Crippen molar-refractivity contribution in [1.82, 2.24) is 0 Å². The van der Waals surface area contributed by atoms with E-state index in [1.54, 1.807) is 0 Å². The maximum Gasteiger partial charge on any atom is 1.00 e. The third-order valence-corrected chi connectivity index (χ3v) is 10.0. The van der Waals surface area contributed by atoms with E-state index in [1.165, 1.54) is 64.2 Å². The zero-order valence-corrected chi connectivity index (χ0v) is 24.9. The van der Waals surface area contributed by atoms with Gasteiger partial charge in [-0.3, -0.25) is 0 Å². The van der Waals surface area contributed by atoms with Gasteiger partial charge in [-0.1, -0.05) is 122 Å². The zero-order chi connectivity index (χ0) is 17.5. The molecule has 0 bridgehead atoms. The van der Waals surface area contributed by atoms with Crippen molar-refractivity contribution in [3.05, 3.63) is 0 Å². The van der Waals surface area contributed by atoms with Crippen molar-refractivity contribution in [1.29, 1.82) is 0 Å². The minimum atomic E-state index is 0. The molecule has 0 aliphatic rings. The van der Waals surface area contributed by atoms with Gasteiger partial charge in [0.05, 0.1) is 0 Å². The maximum atomic E-state index is 10.4. The summed E-state index contributed by atoms with van der Waals surface area (Å²) in [5, 5.41) is 10.4. The second-order valence-electron chi connectivity index (χ2n) is 6.40. The van der Waals surface area contributed by atoms with E-state index in [0.29, 0.717) is 19.3 Å². The van der Waals surface area contributed by atoms with E-state index in [2.05, 4.69) is 70.6 Å². The van der Waals surface area contributed by atoms with E-state index in [-0.39, 0.29) is 58.0 Å². The molecule has 140 valence electrons. The summed E-state index contributed by atoms with van der Waals surface area (Å²) in [6.45, 7) is 2.34. The van der Waals surface area contributed by atoms with Gasteiger partial charge in [0.25, 0.3) is 0 Å². The smallest absolute Gasteiger partial charge is 0.854 e. The molecular formula is C18H33Br4KO. The van der Waals surface area contributed by atoms with Crippen LogP contribution in [0.2, 0.25) is 0 Å². The Morgan fingerprint density at radius 3 is 1.42 bits per heavy atom. The molecule has 0 saturated heterocycles. The summed E-state index contributed by atoms with van der Waals surface area (Å²) < 4.78 is 0. The molecule has 0 amide bonds. The first-order chi connectivity index (χ1) is 11.0. The number of hydrogen-bond donors (Lipinski definition) is 0. The van der Waals surface area contributed by atoms with Gasteiger partial charge in [0.1, 0.15) is 0 Å². The van der Waals surface area contributed by atoms with E-state index in [9.17, 15) is 5.11 Å². The van der Waals surface area contributed by atoms with Crippen LogP contribution in [-0.4, -0.2) is 25.9 Å². The molecule has 0 fully saturated rings. The number of hydrogen-bond acceptors (Lipinski definition) is 1. The van der Waals surface area contributed by atoms with Gasteiger partial charge in [0.2, 0.25) is 0 Å². The Bertz CT molecular complexity index is 259. The molecule has 0 aliphatic carbocycles. The third kappa shape index (κ3) is 17.6. The fourth-order valence-corrected chi connectivity index (χ4v) is 4.82. The van der Waals surface area contributed by atoms with Gasteiger partial charge < -0.3 is 5.11 Å². The summed E-state index contributed by atoms with van der Waals surface area (Å²) in [5.74, 6) is 0. The van der Waals surface area contributed by atoms with Crippen LogP contribution in [0.5, 0.6) is 0 Å². The molecule has 0 saturated carbocycles. The predicted octanol–water partition coefficient (Wildman–Crippen LogP) is 4.11. The molecule has 0 heterocycles. The van der Waals surface area contributed by atoms with Crippen LogP contribution < -0.4 is 56.5 Å². The molecule has 0 aliphatic heterocycles. The van der Waals surface area contributed by atoms with Crippen molar-refractivity contribution < 1.29 is 56.5 Å². The summed E-state index contributed by atoms with van der Waals surface area (Å²) in [7, 11) is 0. The van der Waals surface area contributed by atoms with Crippen molar-refractivity contribution in [3.8, 4) is 0 Å². The minimum Gasteiger partial charge on any atom is -0.854 e. The SMILES string of the molecule is CCCCC(Br)C(Br)CCC(Br)C(Br)CCCCCCCC[O-].[K+]. The van der Waals surface area contributed by atoms with E-state index in [1.807, 2.05) is 0 Å². The zero-order valence-electron chi connectivity index (χ0n) is 15.4. The fraction of sp³-hybridized carbons (Fsp3) is 1.00. The molecule has 0 aromatic carbocycles. The van der Waals surface area contributed by atoms with Gasteiger partial charge in [-0.15, -0.1) is 6.61 Å². The van der Waals surface area contributed by atoms with Crippen molar-refractivity contribution in [2.75, 3.05) is 6.61 Å². The normalized spacial score (nSPS) is 16.2. The average Bonchev–Trinajstić information content (AvgIpc) is 2.55. The molecule has 0 N–H and O–H groups in total. The Morgan fingerprint density at radius 2 is 0.958 bits per heavy atom. The van der Waals surface area contributed by atoms with Crippen LogP contribution in [0.4, 0.5) is 0 Å². The maximum absolute atomic E-state index is 10.4. The third-order valence-electron chi connectivity index (χ3n) is 4.21. The molecule has 0 spiro atoms. The Balaban J connectivity index is 0. The number of unbranched alkanes of at least 4 members (excludes halogenated alkanes) is 6. The first kappa shape index (κ1) is 29.7. The van der Waals surface area contributed by atoms with Crippen LogP contribution >= 0.6 is 63.7 Å². The van der Waals surface area contributed by atoms with E-state index in [4.69, 9.17) is 0 Å². The Hall–Kier alpha value is 3.52. The molecule has 4 atom stereocenters. The fourth-order valence-electron chi connectivity index (χ4n) is 2.59. The van der Waals surface area contributed by atoms with Crippen LogP contribution in [0.15, 0.2) is 0 Å². The second-order valence-corrected chi connectivity index (χ2v) is 11.1. The molecule has 0 rings (SSSR count). The summed E-state index contributed by atoms with van der Waals surface area (Å²) in [4.78, 5) is 2.27. The summed E-state index contributed by atoms with van der Waals surface area (Å²) in [5.41, 5.74) is 0. The summed E-state index contributed by atoms with van der Waals surface area (Å²) >= 11 is 15.4. The number of halogens is 4. The topological polar surface area (TPSA) is 23.1 Å². The first-order valence-electron chi connectivity index (χ1n) is 9.17. The monoisotopic (exact) mass is 620 g/mol. The second kappa shape index (κ2) is 21.2. The Kier molecular flexibility index (Phi) is 26.3. The summed E-state index contributed by atoms with van der Waals surface area (Å²) in [6.07, 6.45) is 14.5. The van der Waals surface area contributed by atoms with Crippen LogP contribution in [0.25, 0.3) is 0 Å². The number of rotatable bonds is 16. The molecular weight excluding hydrogens is 591 g/mol. The van der Waals surface area contributed by atoms with Crippen LogP contribution in [0.1, 0.15) is 84.0 Å². The minimum absolute atomic E-state index is 0. The van der Waals surface area contributed by atoms with Gasteiger partial charge >= 0.3 is 51.4 Å². The Labute approximate surface area is 226 Å². The largest absolute Gasteiger partial charge is 1.00 e. The van der Waals surface area contributed by atoms with Crippen LogP contribution in [-0.2, 0) is 0 Å². The molecule has 6 heteroatoms. The summed E-state index contributed by atoms with van der Waals surface area (Å²) in [6, 6.07) is 0. The molecule has 0 aromatic heterocycles. The Morgan fingerprint density at radius 1 is 0.583 bits per heavy atom. The van der Waals surface area contributed by atoms with Crippen molar-refractivity contribution in [2.45, 2.75) is 103 Å². The van der Waals surface area contributed by atoms with Gasteiger partial charge in [0, 0.05) is 19.3 Å². The van der Waals surface area contributed by atoms with Gasteiger partial charge in [-0.05, 0) is 25.7 Å². The first-order valence-corrected chi connectivity index (χ1v) is 12.8. The quantitative estimate of drug-likeness (QED) is 0.144. The van der Waals surface area contributed by atoms with E-state index >= 15 is 0 Å². The van der Waals surface area contributed by atoms with Crippen molar-refractivity contribution >= 4 is 63.7 Å². The van der Waals surface area contributed by atoms with Crippen molar-refractivity contribution in [3.63, 3.8) is 0 Å². The molecule has 24 heavy (non-hydrogen) atoms. The van der Waals surface area contributed by atoms with Gasteiger partial charge in [-0.25, -0.2) is 0 Å². The average molecular weight is 624 g/mol. The van der Waals surface area contributed by atoms with E-state index < -0.39 is 0 Å². The number of alkyl halides is 4. The van der Waals surface area contributed by atoms with Crippen molar-refractivity contribution in [2.24, 2.45) is 0 Å². The van der Waals surface area contributed by atoms with Gasteiger partial charge in [0.15, 0.2) is 0 Å². The molecule has 4 unspecified atom stereocenters. The molecule has 0 aromatic rings. The molecule has 0 radical (unpaired) electrons. The van der Waals surface area contributed by atoms with Crippen LogP contribution in [0.3, 0.4) is 0 Å². The molecule has 1 nitrogen and oxygen atoms in total. The standard InChI is InChI=1S/C18H33Br4O.K/c1-2-3-10-15(19)17(21)12-13-18(22)16(20)11-8-6-4-5-7-9-14-23;/h15-18H,2-14H2,1H3;/q-1;+1. The van der Waals surface area contributed by atoms with Crippen LogP contribution in [0, 0.1) is 0 Å². The predicted molar refractivity (Wildman–Crippen MR) is 117 cm³/mol. The van der Waals surface area contributed by atoms with E-state index in [0.717, 1.165) is 12.8 Å². The van der Waals surface area contributed by atoms with Gasteiger partial charge in [-0.2, -0.15) is 0 Å².